The van der Waals surface area contributed by atoms with Gasteiger partial charge in [0.05, 0.1) is 0 Å². The van der Waals surface area contributed by atoms with Gasteiger partial charge in [-0.05, 0) is 23.6 Å². The van der Waals surface area contributed by atoms with E-state index in [1.165, 1.54) is 28.3 Å². The van der Waals surface area contributed by atoms with Crippen molar-refractivity contribution in [2.75, 3.05) is 11.9 Å². The summed E-state index contributed by atoms with van der Waals surface area (Å²) >= 11 is 1.96. The van der Waals surface area contributed by atoms with Crippen molar-refractivity contribution in [2.24, 2.45) is 0 Å². The Morgan fingerprint density at radius 2 is 2.36 bits per heavy atom. The maximum atomic E-state index is 3.45. The van der Waals surface area contributed by atoms with Gasteiger partial charge in [-0.2, -0.15) is 0 Å². The number of rotatable bonds is 0. The Hall–Kier alpha value is -0.630. The predicted octanol–water partition coefficient (Wildman–Crippen LogP) is 2.26. The van der Waals surface area contributed by atoms with Crippen LogP contribution in [0, 0.1) is 0 Å². The standard InChI is InChI=1S/C9H9NS/c1-2-8-7(5-11-8)9-6(1)3-4-10-9/h1-2,10H,3-5H2. The van der Waals surface area contributed by atoms with Crippen LogP contribution >= 0.6 is 11.8 Å². The molecular weight excluding hydrogens is 154 g/mol. The molecule has 11 heavy (non-hydrogen) atoms. The fourth-order valence-electron chi connectivity index (χ4n) is 1.78. The SMILES string of the molecule is c1cc2c(c3c1CCN3)CS2. The lowest BCUT2D eigenvalue weighted by Crippen LogP contribution is -2.01. The predicted molar refractivity (Wildman–Crippen MR) is 48.2 cm³/mol. The fourth-order valence-corrected chi connectivity index (χ4v) is 2.64. The van der Waals surface area contributed by atoms with Crippen LogP contribution < -0.4 is 5.32 Å². The van der Waals surface area contributed by atoms with Crippen LogP contribution in [0.15, 0.2) is 17.0 Å². The summed E-state index contributed by atoms with van der Waals surface area (Å²) in [6.45, 7) is 1.14. The van der Waals surface area contributed by atoms with Gasteiger partial charge in [-0.15, -0.1) is 11.8 Å². The van der Waals surface area contributed by atoms with Gasteiger partial charge in [-0.3, -0.25) is 0 Å². The van der Waals surface area contributed by atoms with Gasteiger partial charge in [-0.1, -0.05) is 6.07 Å². The molecule has 0 unspecified atom stereocenters. The minimum absolute atomic E-state index is 1.14. The largest absolute Gasteiger partial charge is 0.384 e. The molecule has 0 saturated heterocycles. The zero-order valence-corrected chi connectivity index (χ0v) is 7.00. The lowest BCUT2D eigenvalue weighted by molar-refractivity contribution is 1.10. The number of fused-ring (bicyclic) bond motifs is 3. The van der Waals surface area contributed by atoms with E-state index in [-0.39, 0.29) is 0 Å². The van der Waals surface area contributed by atoms with Crippen molar-refractivity contribution < 1.29 is 0 Å². The van der Waals surface area contributed by atoms with Gasteiger partial charge in [0.1, 0.15) is 0 Å². The third-order valence-corrected chi connectivity index (χ3v) is 3.55. The highest BCUT2D eigenvalue weighted by atomic mass is 32.2. The molecule has 1 aromatic rings. The number of nitrogens with one attached hydrogen (secondary N) is 1. The van der Waals surface area contributed by atoms with E-state index >= 15 is 0 Å². The molecule has 2 aliphatic heterocycles. The third-order valence-electron chi connectivity index (χ3n) is 2.42. The average molecular weight is 163 g/mol. The van der Waals surface area contributed by atoms with Crippen molar-refractivity contribution in [3.63, 3.8) is 0 Å². The topological polar surface area (TPSA) is 12.0 Å². The summed E-state index contributed by atoms with van der Waals surface area (Å²) < 4.78 is 0. The minimum Gasteiger partial charge on any atom is -0.384 e. The molecule has 0 bridgehead atoms. The van der Waals surface area contributed by atoms with Crippen LogP contribution in [-0.4, -0.2) is 6.54 Å². The summed E-state index contributed by atoms with van der Waals surface area (Å²) in [5, 5.41) is 3.45. The second kappa shape index (κ2) is 1.95. The van der Waals surface area contributed by atoms with E-state index in [0.29, 0.717) is 0 Å². The molecule has 56 valence electrons. The molecule has 1 aromatic carbocycles. The van der Waals surface area contributed by atoms with Crippen LogP contribution in [0.25, 0.3) is 0 Å². The van der Waals surface area contributed by atoms with Gasteiger partial charge in [0.2, 0.25) is 0 Å². The van der Waals surface area contributed by atoms with Gasteiger partial charge in [0.15, 0.2) is 0 Å². The van der Waals surface area contributed by atoms with E-state index in [1.807, 2.05) is 11.8 Å². The summed E-state index contributed by atoms with van der Waals surface area (Å²) in [5.74, 6) is 1.21. The molecule has 0 radical (unpaired) electrons. The molecule has 0 amide bonds. The van der Waals surface area contributed by atoms with E-state index in [9.17, 15) is 0 Å². The van der Waals surface area contributed by atoms with Crippen LogP contribution in [0.4, 0.5) is 5.69 Å². The van der Waals surface area contributed by atoms with Crippen molar-refractivity contribution in [3.05, 3.63) is 23.3 Å². The zero-order valence-electron chi connectivity index (χ0n) is 6.18. The number of hydrogen-bond donors (Lipinski definition) is 1. The number of thioether (sulfide) groups is 1. The smallest absolute Gasteiger partial charge is 0.0425 e. The molecule has 0 saturated carbocycles. The molecule has 2 heterocycles. The number of hydrogen-bond acceptors (Lipinski definition) is 2. The van der Waals surface area contributed by atoms with E-state index in [1.54, 1.807) is 5.56 Å². The Kier molecular flexibility index (Phi) is 1.05. The molecule has 0 spiro atoms. The summed E-state index contributed by atoms with van der Waals surface area (Å²) in [4.78, 5) is 1.48. The van der Waals surface area contributed by atoms with Crippen molar-refractivity contribution in [2.45, 2.75) is 17.1 Å². The van der Waals surface area contributed by atoms with Crippen LogP contribution in [0.1, 0.15) is 11.1 Å². The number of benzene rings is 1. The second-order valence-corrected chi connectivity index (χ2v) is 4.06. The molecule has 1 nitrogen and oxygen atoms in total. The van der Waals surface area contributed by atoms with E-state index in [4.69, 9.17) is 0 Å². The van der Waals surface area contributed by atoms with Crippen LogP contribution in [0.3, 0.4) is 0 Å². The lowest BCUT2D eigenvalue weighted by atomic mass is 10.1. The maximum Gasteiger partial charge on any atom is 0.0425 e. The zero-order chi connectivity index (χ0) is 7.26. The maximum absolute atomic E-state index is 3.45. The molecule has 1 N–H and O–H groups in total. The van der Waals surface area contributed by atoms with Crippen LogP contribution in [0.2, 0.25) is 0 Å². The highest BCUT2D eigenvalue weighted by molar-refractivity contribution is 8.00. The van der Waals surface area contributed by atoms with Gasteiger partial charge in [-0.25, -0.2) is 0 Å². The molecule has 2 aliphatic rings. The number of anilines is 1. The molecule has 0 fully saturated rings. The first-order chi connectivity index (χ1) is 5.45. The average Bonchev–Trinajstić information content (AvgIpc) is 2.34. The van der Waals surface area contributed by atoms with Crippen molar-refractivity contribution in [1.82, 2.24) is 0 Å². The van der Waals surface area contributed by atoms with Gasteiger partial charge in [0.25, 0.3) is 0 Å². The minimum atomic E-state index is 1.14. The Bertz CT molecular complexity index is 320. The molecule has 0 aliphatic carbocycles. The summed E-state index contributed by atoms with van der Waals surface area (Å²) in [6.07, 6.45) is 1.22. The normalized spacial score (nSPS) is 18.2. The molecule has 3 rings (SSSR count). The Labute approximate surface area is 70.2 Å². The van der Waals surface area contributed by atoms with Crippen molar-refractivity contribution >= 4 is 17.4 Å². The van der Waals surface area contributed by atoms with Crippen LogP contribution in [-0.2, 0) is 12.2 Å². The van der Waals surface area contributed by atoms with Crippen molar-refractivity contribution in [1.29, 1.82) is 0 Å². The van der Waals surface area contributed by atoms with E-state index in [0.717, 1.165) is 6.54 Å². The monoisotopic (exact) mass is 163 g/mol. The van der Waals surface area contributed by atoms with Crippen molar-refractivity contribution in [3.8, 4) is 0 Å². The fraction of sp³-hybridized carbons (Fsp3) is 0.333. The van der Waals surface area contributed by atoms with Gasteiger partial charge >= 0.3 is 0 Å². The summed E-state index contributed by atoms with van der Waals surface area (Å²) in [5.41, 5.74) is 4.52. The lowest BCUT2D eigenvalue weighted by Gasteiger charge is -2.21. The van der Waals surface area contributed by atoms with Gasteiger partial charge in [0, 0.05) is 22.9 Å². The summed E-state index contributed by atoms with van der Waals surface area (Å²) in [6, 6.07) is 4.52. The van der Waals surface area contributed by atoms with E-state index < -0.39 is 0 Å². The Morgan fingerprint density at radius 3 is 3.18 bits per heavy atom. The Morgan fingerprint density at radius 1 is 1.36 bits per heavy atom. The van der Waals surface area contributed by atoms with E-state index in [2.05, 4.69) is 17.4 Å². The second-order valence-electron chi connectivity index (χ2n) is 3.04. The molecular formula is C9H9NS. The Balaban J connectivity index is 2.28. The highest BCUT2D eigenvalue weighted by Gasteiger charge is 2.22. The summed E-state index contributed by atoms with van der Waals surface area (Å²) in [7, 11) is 0. The molecule has 2 heteroatoms. The molecule has 0 aromatic heterocycles. The first-order valence-corrected chi connectivity index (χ1v) is 4.95. The highest BCUT2D eigenvalue weighted by Crippen LogP contribution is 2.44. The third kappa shape index (κ3) is 0.679. The molecule has 0 atom stereocenters. The van der Waals surface area contributed by atoms with Crippen LogP contribution in [0.5, 0.6) is 0 Å². The first-order valence-electron chi connectivity index (χ1n) is 3.96. The quantitative estimate of drug-likeness (QED) is 0.629. The first kappa shape index (κ1) is 5.95. The van der Waals surface area contributed by atoms with Gasteiger partial charge < -0.3 is 5.32 Å².